The Morgan fingerprint density at radius 1 is 1.06 bits per heavy atom. The Kier molecular flexibility index (Phi) is 5.72. The highest BCUT2D eigenvalue weighted by atomic mass is 32.2. The molecule has 1 fully saturated rings. The number of non-ortho nitro benzene ring substituents is 1. The van der Waals surface area contributed by atoms with Gasteiger partial charge < -0.3 is 4.90 Å². The van der Waals surface area contributed by atoms with Crippen molar-refractivity contribution in [1.82, 2.24) is 18.8 Å². The zero-order valence-corrected chi connectivity index (χ0v) is 17.6. The summed E-state index contributed by atoms with van der Waals surface area (Å²) >= 11 is 0. The fraction of sp³-hybridized carbons (Fsp3) is 0.250. The van der Waals surface area contributed by atoms with Crippen molar-refractivity contribution in [3.8, 4) is 0 Å². The van der Waals surface area contributed by atoms with Crippen molar-refractivity contribution in [3.63, 3.8) is 0 Å². The minimum Gasteiger partial charge on any atom is -0.338 e. The van der Waals surface area contributed by atoms with Crippen LogP contribution in [0.4, 0.5) is 5.69 Å². The van der Waals surface area contributed by atoms with E-state index in [4.69, 9.17) is 0 Å². The lowest BCUT2D eigenvalue weighted by atomic mass is 10.2. The Balaban J connectivity index is 1.46. The third-order valence-corrected chi connectivity index (χ3v) is 7.21. The average molecular weight is 457 g/mol. The summed E-state index contributed by atoms with van der Waals surface area (Å²) in [7, 11) is -3.64. The van der Waals surface area contributed by atoms with E-state index in [1.54, 1.807) is 18.2 Å². The molecular formula is C20H19N5O6S. The number of nitro groups is 1. The Morgan fingerprint density at radius 2 is 1.75 bits per heavy atom. The first-order valence-electron chi connectivity index (χ1n) is 9.74. The Hall–Kier alpha value is -3.64. The second-order valence-electron chi connectivity index (χ2n) is 7.23. The van der Waals surface area contributed by atoms with Gasteiger partial charge in [0.1, 0.15) is 6.54 Å². The van der Waals surface area contributed by atoms with Crippen LogP contribution in [0.1, 0.15) is 0 Å². The molecule has 3 aromatic rings. The predicted octanol–water partition coefficient (Wildman–Crippen LogP) is 0.838. The summed E-state index contributed by atoms with van der Waals surface area (Å²) in [5, 5.41) is 11.0. The molecule has 0 bridgehead atoms. The first-order chi connectivity index (χ1) is 15.3. The van der Waals surface area contributed by atoms with Gasteiger partial charge in [0.05, 0.1) is 27.0 Å². The van der Waals surface area contributed by atoms with E-state index >= 15 is 0 Å². The van der Waals surface area contributed by atoms with Gasteiger partial charge in [-0.05, 0) is 18.2 Å². The summed E-state index contributed by atoms with van der Waals surface area (Å²) in [4.78, 5) is 41.6. The van der Waals surface area contributed by atoms with Crippen molar-refractivity contribution in [2.24, 2.45) is 0 Å². The molecule has 1 amide bonds. The molecule has 32 heavy (non-hydrogen) atoms. The van der Waals surface area contributed by atoms with E-state index < -0.39 is 20.5 Å². The van der Waals surface area contributed by atoms with Crippen molar-refractivity contribution in [2.75, 3.05) is 26.2 Å². The molecule has 2 aromatic carbocycles. The van der Waals surface area contributed by atoms with Crippen LogP contribution in [0.2, 0.25) is 0 Å². The number of fused-ring (bicyclic) bond motifs is 1. The van der Waals surface area contributed by atoms with Gasteiger partial charge in [-0.1, -0.05) is 18.2 Å². The maximum Gasteiger partial charge on any atom is 0.270 e. The van der Waals surface area contributed by atoms with Crippen molar-refractivity contribution < 1.29 is 18.1 Å². The largest absolute Gasteiger partial charge is 0.338 e. The molecule has 0 N–H and O–H groups in total. The number of sulfonamides is 1. The monoisotopic (exact) mass is 457 g/mol. The Morgan fingerprint density at radius 3 is 2.41 bits per heavy atom. The molecule has 0 spiro atoms. The van der Waals surface area contributed by atoms with E-state index in [-0.39, 0.29) is 54.6 Å². The third-order valence-electron chi connectivity index (χ3n) is 5.30. The van der Waals surface area contributed by atoms with E-state index in [1.165, 1.54) is 39.8 Å². The molecule has 12 heteroatoms. The third kappa shape index (κ3) is 4.09. The van der Waals surface area contributed by atoms with E-state index in [0.717, 1.165) is 10.6 Å². The highest BCUT2D eigenvalue weighted by molar-refractivity contribution is 7.89. The topological polar surface area (TPSA) is 136 Å². The van der Waals surface area contributed by atoms with Crippen LogP contribution in [0.25, 0.3) is 10.9 Å². The van der Waals surface area contributed by atoms with Crippen molar-refractivity contribution in [2.45, 2.75) is 11.4 Å². The first-order valence-corrected chi connectivity index (χ1v) is 11.2. The molecule has 166 valence electrons. The molecule has 1 aromatic heterocycles. The summed E-state index contributed by atoms with van der Waals surface area (Å²) in [6.07, 6.45) is 1.23. The zero-order valence-electron chi connectivity index (χ0n) is 16.8. The number of hydrogen-bond acceptors (Lipinski definition) is 7. The van der Waals surface area contributed by atoms with Gasteiger partial charge in [-0.25, -0.2) is 13.4 Å². The normalized spacial score (nSPS) is 15.1. The number of carbonyl (C=O) groups is 1. The van der Waals surface area contributed by atoms with Crippen LogP contribution >= 0.6 is 0 Å². The van der Waals surface area contributed by atoms with Gasteiger partial charge in [-0.2, -0.15) is 4.31 Å². The van der Waals surface area contributed by atoms with E-state index in [0.29, 0.717) is 5.52 Å². The lowest BCUT2D eigenvalue weighted by Gasteiger charge is -2.34. The molecule has 0 unspecified atom stereocenters. The minimum absolute atomic E-state index is 0.0493. The number of piperazine rings is 1. The number of rotatable bonds is 5. The van der Waals surface area contributed by atoms with Crippen LogP contribution in [0.5, 0.6) is 0 Å². The van der Waals surface area contributed by atoms with Crippen LogP contribution in [0, 0.1) is 10.1 Å². The number of carbonyl (C=O) groups excluding carboxylic acids is 1. The summed E-state index contributed by atoms with van der Waals surface area (Å²) in [5.41, 5.74) is -0.502. The molecule has 1 aliphatic heterocycles. The van der Waals surface area contributed by atoms with Crippen molar-refractivity contribution >= 4 is 32.5 Å². The van der Waals surface area contributed by atoms with Gasteiger partial charge in [-0.15, -0.1) is 0 Å². The molecule has 2 heterocycles. The SMILES string of the molecule is O=C(Cn1cnc2ccc([N+](=O)[O-])cc2c1=O)N1CCN(S(=O)(=O)c2ccccc2)CC1. The van der Waals surface area contributed by atoms with Gasteiger partial charge in [0, 0.05) is 38.3 Å². The van der Waals surface area contributed by atoms with Gasteiger partial charge in [0.15, 0.2) is 0 Å². The number of nitrogens with zero attached hydrogens (tertiary/aromatic N) is 5. The van der Waals surface area contributed by atoms with Gasteiger partial charge >= 0.3 is 0 Å². The summed E-state index contributed by atoms with van der Waals surface area (Å²) in [6, 6.07) is 11.9. The summed E-state index contributed by atoms with van der Waals surface area (Å²) in [5.74, 6) is -0.365. The number of hydrogen-bond donors (Lipinski definition) is 0. The van der Waals surface area contributed by atoms with Crippen LogP contribution in [0.3, 0.4) is 0 Å². The van der Waals surface area contributed by atoms with Crippen molar-refractivity contribution in [3.05, 3.63) is 75.3 Å². The van der Waals surface area contributed by atoms with E-state index in [1.807, 2.05) is 0 Å². The number of amides is 1. The Labute approximate surface area is 182 Å². The molecule has 1 saturated heterocycles. The molecule has 4 rings (SSSR count). The minimum atomic E-state index is -3.64. The van der Waals surface area contributed by atoms with E-state index in [2.05, 4.69) is 4.98 Å². The number of aromatic nitrogens is 2. The molecule has 0 aliphatic carbocycles. The standard InChI is InChI=1S/C20H19N5O6S/c26-19(13-23-14-21-18-7-6-15(25(28)29)12-17(18)20(23)27)22-8-10-24(11-9-22)32(30,31)16-4-2-1-3-5-16/h1-7,12,14H,8-11,13H2. The van der Waals surface area contributed by atoms with Crippen LogP contribution in [0.15, 0.2) is 64.5 Å². The maximum atomic E-state index is 12.7. The fourth-order valence-corrected chi connectivity index (χ4v) is 4.98. The number of nitro benzene ring substituents is 1. The van der Waals surface area contributed by atoms with Crippen molar-refractivity contribution in [1.29, 1.82) is 0 Å². The molecular weight excluding hydrogens is 438 g/mol. The maximum absolute atomic E-state index is 12.7. The predicted molar refractivity (Wildman–Crippen MR) is 114 cm³/mol. The quantitative estimate of drug-likeness (QED) is 0.409. The molecule has 0 saturated carbocycles. The van der Waals surface area contributed by atoms with E-state index in [9.17, 15) is 28.1 Å². The van der Waals surface area contributed by atoms with Crippen LogP contribution < -0.4 is 5.56 Å². The highest BCUT2D eigenvalue weighted by Gasteiger charge is 2.30. The molecule has 11 nitrogen and oxygen atoms in total. The fourth-order valence-electron chi connectivity index (χ4n) is 3.54. The zero-order chi connectivity index (χ0) is 22.9. The second-order valence-corrected chi connectivity index (χ2v) is 9.17. The van der Waals surface area contributed by atoms with Gasteiger partial charge in [-0.3, -0.25) is 24.3 Å². The van der Waals surface area contributed by atoms with Crippen LogP contribution in [-0.4, -0.2) is 64.2 Å². The molecule has 0 atom stereocenters. The summed E-state index contributed by atoms with van der Waals surface area (Å²) < 4.78 is 27.9. The molecule has 1 aliphatic rings. The highest BCUT2D eigenvalue weighted by Crippen LogP contribution is 2.18. The Bertz CT molecular complexity index is 1350. The number of benzene rings is 2. The lowest BCUT2D eigenvalue weighted by Crippen LogP contribution is -2.51. The second kappa shape index (κ2) is 8.48. The molecule has 0 radical (unpaired) electrons. The van der Waals surface area contributed by atoms with Gasteiger partial charge in [0.25, 0.3) is 11.2 Å². The average Bonchev–Trinajstić information content (AvgIpc) is 2.81. The summed E-state index contributed by atoms with van der Waals surface area (Å²) in [6.45, 7) is 0.355. The first kappa shape index (κ1) is 21.6. The lowest BCUT2D eigenvalue weighted by molar-refractivity contribution is -0.384. The smallest absolute Gasteiger partial charge is 0.270 e. The van der Waals surface area contributed by atoms with Crippen LogP contribution in [-0.2, 0) is 21.4 Å². The van der Waals surface area contributed by atoms with Gasteiger partial charge in [0.2, 0.25) is 15.9 Å².